The maximum Gasteiger partial charge on any atom is 0.245 e. The van der Waals surface area contributed by atoms with Crippen LogP contribution in [0.1, 0.15) is 38.5 Å². The monoisotopic (exact) mass is 346 g/mol. The summed E-state index contributed by atoms with van der Waals surface area (Å²) < 4.78 is 10.2. The Morgan fingerprint density at radius 2 is 1.56 bits per heavy atom. The minimum Gasteiger partial charge on any atom is -0.384 e. The molecule has 136 valence electrons. The molecule has 1 unspecified atom stereocenters. The molecule has 0 N–H and O–H groups in total. The Kier molecular flexibility index (Phi) is 4.96. The van der Waals surface area contributed by atoms with Gasteiger partial charge >= 0.3 is 0 Å². The number of fused-ring (bicyclic) bond motifs is 1. The Morgan fingerprint density at radius 3 is 2.24 bits per heavy atom. The van der Waals surface area contributed by atoms with E-state index < -0.39 is 0 Å². The molecule has 2 saturated heterocycles. The van der Waals surface area contributed by atoms with Crippen LogP contribution < -0.4 is 9.80 Å². The number of hydrogen-bond donors (Lipinski definition) is 0. The highest BCUT2D eigenvalue weighted by Crippen LogP contribution is 2.32. The molecule has 1 atom stereocenters. The van der Waals surface area contributed by atoms with Crippen LogP contribution in [-0.2, 0) is 4.74 Å². The van der Waals surface area contributed by atoms with Crippen LogP contribution in [0.15, 0.2) is 4.63 Å². The molecule has 2 aromatic rings. The molecule has 0 bridgehead atoms. The fourth-order valence-corrected chi connectivity index (χ4v) is 3.96. The summed E-state index contributed by atoms with van der Waals surface area (Å²) in [5, 5.41) is 7.81. The van der Waals surface area contributed by atoms with Gasteiger partial charge in [-0.3, -0.25) is 0 Å². The van der Waals surface area contributed by atoms with Gasteiger partial charge in [-0.25, -0.2) is 14.6 Å². The summed E-state index contributed by atoms with van der Waals surface area (Å²) >= 11 is 0. The number of aromatic nitrogens is 4. The van der Waals surface area contributed by atoms with Gasteiger partial charge in [0.1, 0.15) is 0 Å². The topological polar surface area (TPSA) is 80.4 Å². The number of methoxy groups -OCH3 is 1. The van der Waals surface area contributed by atoms with Gasteiger partial charge in [0.05, 0.1) is 6.61 Å². The summed E-state index contributed by atoms with van der Waals surface area (Å²) in [6.45, 7) is 4.77. The lowest BCUT2D eigenvalue weighted by atomic mass is 9.99. The fourth-order valence-electron chi connectivity index (χ4n) is 3.96. The first-order valence-corrected chi connectivity index (χ1v) is 9.34. The van der Waals surface area contributed by atoms with Crippen LogP contribution in [0.4, 0.5) is 11.6 Å². The quantitative estimate of drug-likeness (QED) is 0.834. The smallest absolute Gasteiger partial charge is 0.245 e. The number of anilines is 2. The molecule has 2 aliphatic heterocycles. The molecule has 0 spiro atoms. The predicted molar refractivity (Wildman–Crippen MR) is 94.9 cm³/mol. The van der Waals surface area contributed by atoms with Crippen LogP contribution in [0.25, 0.3) is 11.3 Å². The lowest BCUT2D eigenvalue weighted by Gasteiger charge is -2.35. The van der Waals surface area contributed by atoms with Gasteiger partial charge in [-0.1, -0.05) is 12.8 Å². The van der Waals surface area contributed by atoms with E-state index in [1.807, 2.05) is 0 Å². The predicted octanol–water partition coefficient (Wildman–Crippen LogP) is 2.26. The van der Waals surface area contributed by atoms with Crippen molar-refractivity contribution in [3.05, 3.63) is 0 Å². The average molecular weight is 346 g/mol. The zero-order valence-electron chi connectivity index (χ0n) is 14.9. The van der Waals surface area contributed by atoms with E-state index >= 15 is 0 Å². The van der Waals surface area contributed by atoms with Crippen molar-refractivity contribution in [1.29, 1.82) is 0 Å². The van der Waals surface area contributed by atoms with Gasteiger partial charge in [0.2, 0.25) is 11.3 Å². The summed E-state index contributed by atoms with van der Waals surface area (Å²) in [5.74, 6) is 2.39. The molecule has 0 aliphatic carbocycles. The van der Waals surface area contributed by atoms with Crippen LogP contribution in [0.2, 0.25) is 0 Å². The number of ether oxygens (including phenoxy) is 1. The molecule has 2 fully saturated rings. The van der Waals surface area contributed by atoms with Gasteiger partial charge in [0.25, 0.3) is 0 Å². The third-order valence-electron chi connectivity index (χ3n) is 5.20. The number of hydrogen-bond acceptors (Lipinski definition) is 8. The Balaban J connectivity index is 1.68. The molecular formula is C17H26N6O2. The van der Waals surface area contributed by atoms with E-state index in [-0.39, 0.29) is 0 Å². The second kappa shape index (κ2) is 7.51. The molecule has 2 aromatic heterocycles. The van der Waals surface area contributed by atoms with Crippen LogP contribution >= 0.6 is 0 Å². The van der Waals surface area contributed by atoms with Crippen molar-refractivity contribution in [3.8, 4) is 0 Å². The van der Waals surface area contributed by atoms with Crippen molar-refractivity contribution >= 4 is 22.9 Å². The Morgan fingerprint density at radius 1 is 0.920 bits per heavy atom. The Hall–Kier alpha value is -1.96. The van der Waals surface area contributed by atoms with Gasteiger partial charge in [-0.2, -0.15) is 0 Å². The van der Waals surface area contributed by atoms with Gasteiger partial charge in [-0.05, 0) is 41.9 Å². The second-order valence-corrected chi connectivity index (χ2v) is 7.09. The molecule has 0 saturated carbocycles. The average Bonchev–Trinajstić information content (AvgIpc) is 2.92. The van der Waals surface area contributed by atoms with E-state index in [4.69, 9.17) is 19.3 Å². The molecular weight excluding hydrogens is 320 g/mol. The number of nitrogens with zero attached hydrogens (tertiary/aromatic N) is 6. The SMILES string of the molecule is COCC1CCCN(c2nc3nonc3nc2N2CCCCCC2)C1. The van der Waals surface area contributed by atoms with Crippen LogP contribution in [-0.4, -0.2) is 60.2 Å². The summed E-state index contributed by atoms with van der Waals surface area (Å²) in [7, 11) is 1.77. The van der Waals surface area contributed by atoms with E-state index in [1.54, 1.807) is 7.11 Å². The molecule has 0 amide bonds. The minimum absolute atomic E-state index is 0.488. The van der Waals surface area contributed by atoms with Crippen molar-refractivity contribution in [3.63, 3.8) is 0 Å². The largest absolute Gasteiger partial charge is 0.384 e. The third kappa shape index (κ3) is 3.53. The lowest BCUT2D eigenvalue weighted by Crippen LogP contribution is -2.39. The first-order chi connectivity index (χ1) is 12.3. The maximum absolute atomic E-state index is 5.38. The molecule has 2 aliphatic rings. The van der Waals surface area contributed by atoms with Crippen LogP contribution in [0.5, 0.6) is 0 Å². The Labute approximate surface area is 147 Å². The summed E-state index contributed by atoms with van der Waals surface area (Å²) in [6.07, 6.45) is 7.30. The van der Waals surface area contributed by atoms with Crippen molar-refractivity contribution < 1.29 is 9.37 Å². The highest BCUT2D eigenvalue weighted by Gasteiger charge is 2.27. The van der Waals surface area contributed by atoms with Gasteiger partial charge in [0, 0.05) is 33.3 Å². The van der Waals surface area contributed by atoms with Gasteiger partial charge in [0.15, 0.2) is 11.6 Å². The fraction of sp³-hybridized carbons (Fsp3) is 0.765. The molecule has 0 radical (unpaired) electrons. The summed E-state index contributed by atoms with van der Waals surface area (Å²) in [6, 6.07) is 0. The maximum atomic E-state index is 5.38. The standard InChI is InChI=1S/C17H26N6O2/c1-24-12-13-7-6-10-23(11-13)17-16(22-8-4-2-3-5-9-22)18-14-15(19-17)21-25-20-14/h13H,2-12H2,1H3. The molecule has 0 aromatic carbocycles. The zero-order chi connectivity index (χ0) is 17.1. The van der Waals surface area contributed by atoms with Crippen LogP contribution in [0, 0.1) is 5.92 Å². The van der Waals surface area contributed by atoms with Crippen molar-refractivity contribution in [2.24, 2.45) is 5.92 Å². The lowest BCUT2D eigenvalue weighted by molar-refractivity contribution is 0.143. The molecule has 8 heteroatoms. The van der Waals surface area contributed by atoms with E-state index in [1.165, 1.54) is 32.1 Å². The molecule has 4 rings (SSSR count). The minimum atomic E-state index is 0.488. The van der Waals surface area contributed by atoms with Gasteiger partial charge in [-0.15, -0.1) is 0 Å². The number of piperidine rings is 1. The summed E-state index contributed by atoms with van der Waals surface area (Å²) in [4.78, 5) is 14.2. The summed E-state index contributed by atoms with van der Waals surface area (Å²) in [5.41, 5.74) is 0.982. The van der Waals surface area contributed by atoms with Crippen LogP contribution in [0.3, 0.4) is 0 Å². The third-order valence-corrected chi connectivity index (χ3v) is 5.20. The highest BCUT2D eigenvalue weighted by molar-refractivity contribution is 5.74. The normalized spacial score (nSPS) is 22.4. The molecule has 25 heavy (non-hydrogen) atoms. The van der Waals surface area contributed by atoms with E-state index in [9.17, 15) is 0 Å². The van der Waals surface area contributed by atoms with Gasteiger partial charge < -0.3 is 14.5 Å². The van der Waals surface area contributed by atoms with E-state index in [2.05, 4.69) is 20.1 Å². The second-order valence-electron chi connectivity index (χ2n) is 7.09. The highest BCUT2D eigenvalue weighted by atomic mass is 16.6. The van der Waals surface area contributed by atoms with Crippen molar-refractivity contribution in [2.45, 2.75) is 38.5 Å². The molecule has 4 heterocycles. The molecule has 8 nitrogen and oxygen atoms in total. The Bertz CT molecular complexity index is 696. The van der Waals surface area contributed by atoms with E-state index in [0.29, 0.717) is 17.2 Å². The van der Waals surface area contributed by atoms with E-state index in [0.717, 1.165) is 50.8 Å². The number of rotatable bonds is 4. The van der Waals surface area contributed by atoms with Crippen molar-refractivity contribution in [2.75, 3.05) is 49.7 Å². The van der Waals surface area contributed by atoms with Crippen molar-refractivity contribution in [1.82, 2.24) is 20.3 Å². The first kappa shape index (κ1) is 16.5. The zero-order valence-corrected chi connectivity index (χ0v) is 14.9. The first-order valence-electron chi connectivity index (χ1n) is 9.34.